The Morgan fingerprint density at radius 2 is 1.93 bits per heavy atom. The van der Waals surface area contributed by atoms with Crippen LogP contribution in [0, 0.1) is 6.92 Å². The second kappa shape index (κ2) is 7.84. The molecular formula is C20H20N4O2S. The van der Waals surface area contributed by atoms with Crippen molar-refractivity contribution in [1.29, 1.82) is 0 Å². The molecule has 3 aromatic rings. The van der Waals surface area contributed by atoms with E-state index in [0.29, 0.717) is 30.5 Å². The van der Waals surface area contributed by atoms with Crippen molar-refractivity contribution in [2.45, 2.75) is 25.9 Å². The fraction of sp³-hybridized carbons (Fsp3) is 0.300. The van der Waals surface area contributed by atoms with Crippen LogP contribution in [0.2, 0.25) is 0 Å². The van der Waals surface area contributed by atoms with E-state index in [4.69, 9.17) is 4.74 Å². The molecule has 27 heavy (non-hydrogen) atoms. The maximum atomic E-state index is 12.8. The van der Waals surface area contributed by atoms with Crippen molar-refractivity contribution in [1.82, 2.24) is 19.9 Å². The monoisotopic (exact) mass is 380 g/mol. The molecule has 0 radical (unpaired) electrons. The zero-order chi connectivity index (χ0) is 18.6. The van der Waals surface area contributed by atoms with Gasteiger partial charge in [0, 0.05) is 49.1 Å². The minimum atomic E-state index is -0.00948. The predicted octanol–water partition coefficient (Wildman–Crippen LogP) is 3.59. The Hall–Kier alpha value is -2.80. The molecule has 0 aliphatic carbocycles. The van der Waals surface area contributed by atoms with Crippen LogP contribution >= 0.6 is 11.3 Å². The second-order valence-electron chi connectivity index (χ2n) is 6.46. The van der Waals surface area contributed by atoms with E-state index in [-0.39, 0.29) is 12.0 Å². The molecule has 1 aromatic carbocycles. The summed E-state index contributed by atoms with van der Waals surface area (Å²) in [5.41, 5.74) is 1.55. The van der Waals surface area contributed by atoms with E-state index in [1.165, 1.54) is 11.3 Å². The van der Waals surface area contributed by atoms with Gasteiger partial charge in [-0.15, -0.1) is 11.3 Å². The van der Waals surface area contributed by atoms with Gasteiger partial charge in [-0.1, -0.05) is 30.3 Å². The molecule has 0 unspecified atom stereocenters. The molecule has 0 saturated carbocycles. The molecule has 1 saturated heterocycles. The lowest BCUT2D eigenvalue weighted by molar-refractivity contribution is 0.0583. The summed E-state index contributed by atoms with van der Waals surface area (Å²) in [5, 5.41) is 2.72. The smallest absolute Gasteiger partial charge is 0.273 e. The van der Waals surface area contributed by atoms with Crippen molar-refractivity contribution in [2.75, 3.05) is 13.1 Å². The molecule has 0 spiro atoms. The Balaban J connectivity index is 1.35. The van der Waals surface area contributed by atoms with Crippen LogP contribution in [-0.4, -0.2) is 45.0 Å². The Morgan fingerprint density at radius 3 is 2.67 bits per heavy atom. The molecule has 1 aliphatic rings. The van der Waals surface area contributed by atoms with Gasteiger partial charge in [0.2, 0.25) is 5.88 Å². The van der Waals surface area contributed by atoms with Crippen molar-refractivity contribution in [3.8, 4) is 16.5 Å². The highest BCUT2D eigenvalue weighted by Crippen LogP contribution is 2.25. The quantitative estimate of drug-likeness (QED) is 0.692. The van der Waals surface area contributed by atoms with Crippen molar-refractivity contribution >= 4 is 17.2 Å². The second-order valence-corrected chi connectivity index (χ2v) is 7.31. The summed E-state index contributed by atoms with van der Waals surface area (Å²) in [7, 11) is 0. The number of aromatic nitrogens is 3. The number of likely N-dealkylation sites (tertiary alicyclic amines) is 1. The third-order valence-corrected chi connectivity index (χ3v) is 5.40. The normalized spacial score (nSPS) is 14.9. The average Bonchev–Trinajstić information content (AvgIpc) is 3.19. The number of thiazole rings is 1. The van der Waals surface area contributed by atoms with Crippen molar-refractivity contribution in [3.63, 3.8) is 0 Å². The van der Waals surface area contributed by atoms with Gasteiger partial charge in [-0.25, -0.2) is 9.97 Å². The van der Waals surface area contributed by atoms with Crippen molar-refractivity contribution < 1.29 is 9.53 Å². The van der Waals surface area contributed by atoms with Gasteiger partial charge in [0.25, 0.3) is 5.91 Å². The Bertz CT molecular complexity index is 920. The van der Waals surface area contributed by atoms with Gasteiger partial charge in [0.1, 0.15) is 22.6 Å². The van der Waals surface area contributed by atoms with Crippen LogP contribution in [0.5, 0.6) is 5.88 Å². The van der Waals surface area contributed by atoms with Crippen molar-refractivity contribution in [3.05, 3.63) is 59.5 Å². The molecule has 6 nitrogen and oxygen atoms in total. The number of carbonyl (C=O) groups is 1. The predicted molar refractivity (Wildman–Crippen MR) is 104 cm³/mol. The number of ether oxygens (including phenoxy) is 1. The third kappa shape index (κ3) is 4.14. The van der Waals surface area contributed by atoms with Gasteiger partial charge >= 0.3 is 0 Å². The van der Waals surface area contributed by atoms with Crippen LogP contribution in [-0.2, 0) is 0 Å². The van der Waals surface area contributed by atoms with Crippen LogP contribution in [0.25, 0.3) is 10.6 Å². The van der Waals surface area contributed by atoms with E-state index in [0.717, 1.165) is 23.4 Å². The molecule has 138 valence electrons. The van der Waals surface area contributed by atoms with Gasteiger partial charge in [-0.2, -0.15) is 4.98 Å². The Morgan fingerprint density at radius 1 is 1.15 bits per heavy atom. The maximum Gasteiger partial charge on any atom is 0.273 e. The molecule has 7 heteroatoms. The van der Waals surface area contributed by atoms with Crippen LogP contribution in [0.3, 0.4) is 0 Å². The van der Waals surface area contributed by atoms with Crippen LogP contribution < -0.4 is 4.74 Å². The number of piperidine rings is 1. The van der Waals surface area contributed by atoms with Gasteiger partial charge in [-0.3, -0.25) is 4.79 Å². The summed E-state index contributed by atoms with van der Waals surface area (Å²) in [4.78, 5) is 27.5. The zero-order valence-corrected chi connectivity index (χ0v) is 15.9. The molecule has 4 rings (SSSR count). The summed E-state index contributed by atoms with van der Waals surface area (Å²) in [6, 6.07) is 11.7. The number of benzene rings is 1. The topological polar surface area (TPSA) is 68.2 Å². The molecule has 2 aromatic heterocycles. The van der Waals surface area contributed by atoms with Gasteiger partial charge in [0.15, 0.2) is 0 Å². The van der Waals surface area contributed by atoms with E-state index in [1.54, 1.807) is 12.3 Å². The summed E-state index contributed by atoms with van der Waals surface area (Å²) in [6.45, 7) is 3.16. The molecular weight excluding hydrogens is 360 g/mol. The number of rotatable bonds is 4. The fourth-order valence-corrected chi connectivity index (χ4v) is 3.89. The molecule has 1 amide bonds. The molecule has 0 bridgehead atoms. The van der Waals surface area contributed by atoms with Crippen molar-refractivity contribution in [2.24, 2.45) is 0 Å². The first-order chi connectivity index (χ1) is 13.2. The Kier molecular flexibility index (Phi) is 5.11. The minimum absolute atomic E-state index is 0.00948. The lowest BCUT2D eigenvalue weighted by Gasteiger charge is -2.31. The number of aryl methyl sites for hydroxylation is 1. The first kappa shape index (κ1) is 17.6. The van der Waals surface area contributed by atoms with Crippen LogP contribution in [0.4, 0.5) is 0 Å². The average molecular weight is 380 g/mol. The highest BCUT2D eigenvalue weighted by atomic mass is 32.1. The van der Waals surface area contributed by atoms with E-state index in [1.807, 2.05) is 47.5 Å². The lowest BCUT2D eigenvalue weighted by Crippen LogP contribution is -2.42. The molecule has 3 heterocycles. The number of hydrogen-bond acceptors (Lipinski definition) is 6. The first-order valence-corrected chi connectivity index (χ1v) is 9.83. The number of hydrogen-bond donors (Lipinski definition) is 0. The Labute approximate surface area is 161 Å². The van der Waals surface area contributed by atoms with Gasteiger partial charge in [-0.05, 0) is 6.92 Å². The van der Waals surface area contributed by atoms with E-state index >= 15 is 0 Å². The van der Waals surface area contributed by atoms with Crippen LogP contribution in [0.1, 0.15) is 29.2 Å². The largest absolute Gasteiger partial charge is 0.474 e. The molecule has 0 N–H and O–H groups in total. The van der Waals surface area contributed by atoms with Gasteiger partial charge < -0.3 is 9.64 Å². The minimum Gasteiger partial charge on any atom is -0.474 e. The summed E-state index contributed by atoms with van der Waals surface area (Å²) in [6.07, 6.45) is 3.33. The highest BCUT2D eigenvalue weighted by molar-refractivity contribution is 7.13. The summed E-state index contributed by atoms with van der Waals surface area (Å²) >= 11 is 1.50. The molecule has 0 atom stereocenters. The van der Waals surface area contributed by atoms with E-state index in [9.17, 15) is 4.79 Å². The standard InChI is InChI=1S/C20H20N4O2S/c1-14-21-10-7-18(22-14)26-16-8-11-24(12-9-16)20(25)17-13-27-19(23-17)15-5-3-2-4-6-15/h2-7,10,13,16H,8-9,11-12H2,1H3. The van der Waals surface area contributed by atoms with Gasteiger partial charge in [0.05, 0.1) is 0 Å². The SMILES string of the molecule is Cc1nccc(OC2CCN(C(=O)c3csc(-c4ccccc4)n3)CC2)n1. The van der Waals surface area contributed by atoms with Crippen LogP contribution in [0.15, 0.2) is 48.0 Å². The fourth-order valence-electron chi connectivity index (χ4n) is 3.09. The number of nitrogens with zero attached hydrogens (tertiary/aromatic N) is 4. The molecule has 1 aliphatic heterocycles. The molecule has 1 fully saturated rings. The summed E-state index contributed by atoms with van der Waals surface area (Å²) in [5.74, 6) is 1.28. The number of amides is 1. The lowest BCUT2D eigenvalue weighted by atomic mass is 10.1. The number of carbonyl (C=O) groups excluding carboxylic acids is 1. The van der Waals surface area contributed by atoms with E-state index < -0.39 is 0 Å². The summed E-state index contributed by atoms with van der Waals surface area (Å²) < 4.78 is 5.93. The zero-order valence-electron chi connectivity index (χ0n) is 15.0. The first-order valence-electron chi connectivity index (χ1n) is 8.95. The maximum absolute atomic E-state index is 12.8. The third-order valence-electron chi connectivity index (χ3n) is 4.51. The van der Waals surface area contributed by atoms with E-state index in [2.05, 4.69) is 15.0 Å². The highest BCUT2D eigenvalue weighted by Gasteiger charge is 2.26.